The van der Waals surface area contributed by atoms with Crippen molar-refractivity contribution in [2.75, 3.05) is 17.2 Å². The number of hydrogen-bond donors (Lipinski definition) is 3. The first kappa shape index (κ1) is 18.3. The number of anilines is 2. The topological polar surface area (TPSA) is 93.6 Å². The molecule has 2 aromatic heterocycles. The number of hydrogen-bond acceptors (Lipinski definition) is 4. The van der Waals surface area contributed by atoms with Crippen LogP contribution in [0.2, 0.25) is 0 Å². The van der Waals surface area contributed by atoms with Crippen LogP contribution < -0.4 is 10.6 Å². The molecule has 0 aliphatic carbocycles. The summed E-state index contributed by atoms with van der Waals surface area (Å²) in [4.78, 5) is 20.0. The van der Waals surface area contributed by atoms with Crippen LogP contribution >= 0.6 is 0 Å². The number of nitrogens with one attached hydrogen (secondary N) is 3. The molecule has 1 amide bonds. The third-order valence-electron chi connectivity index (χ3n) is 4.69. The minimum Gasteiger partial charge on any atom is -0.385 e. The summed E-state index contributed by atoms with van der Waals surface area (Å²) in [5.74, 6) is -0.354. The van der Waals surface area contributed by atoms with Gasteiger partial charge in [0.2, 0.25) is 0 Å². The van der Waals surface area contributed by atoms with Crippen molar-refractivity contribution in [3.63, 3.8) is 0 Å². The molecule has 0 radical (unpaired) electrons. The van der Waals surface area contributed by atoms with Crippen molar-refractivity contribution in [1.82, 2.24) is 9.97 Å². The van der Waals surface area contributed by atoms with E-state index in [1.54, 1.807) is 36.5 Å². The number of nitrogens with zero attached hydrogens (tertiary/aromatic N) is 2. The summed E-state index contributed by atoms with van der Waals surface area (Å²) < 4.78 is 0. The van der Waals surface area contributed by atoms with Crippen molar-refractivity contribution in [3.05, 3.63) is 89.9 Å². The van der Waals surface area contributed by atoms with E-state index in [-0.39, 0.29) is 11.6 Å². The number of aromatic nitrogens is 2. The Kier molecular flexibility index (Phi) is 5.21. The molecule has 2 heterocycles. The summed E-state index contributed by atoms with van der Waals surface area (Å²) in [6.45, 7) is 0.726. The van der Waals surface area contributed by atoms with Gasteiger partial charge in [0.15, 0.2) is 0 Å². The molecule has 0 aliphatic rings. The van der Waals surface area contributed by atoms with Crippen LogP contribution in [0.15, 0.2) is 73.1 Å². The monoisotopic (exact) mass is 381 g/mol. The first-order valence-corrected chi connectivity index (χ1v) is 9.30. The molecule has 0 atom stereocenters. The van der Waals surface area contributed by atoms with Gasteiger partial charge in [0.1, 0.15) is 11.8 Å². The maximum Gasteiger partial charge on any atom is 0.274 e. The second-order valence-corrected chi connectivity index (χ2v) is 6.58. The number of amides is 1. The number of H-pyrrole nitrogens is 1. The Morgan fingerprint density at radius 1 is 1.10 bits per heavy atom. The molecule has 0 aliphatic heterocycles. The van der Waals surface area contributed by atoms with Crippen molar-refractivity contribution in [3.8, 4) is 6.07 Å². The van der Waals surface area contributed by atoms with E-state index >= 15 is 0 Å². The van der Waals surface area contributed by atoms with Gasteiger partial charge in [-0.1, -0.05) is 30.3 Å². The summed E-state index contributed by atoms with van der Waals surface area (Å²) in [5.41, 5.74) is 4.36. The standard InChI is InChI=1S/C23H19N5O/c24-14-16-5-1-3-7-20(16)28-23(29)22-13-18(10-12-26-22)25-11-9-17-15-27-21-8-4-2-6-19(17)21/h1-8,10,12-13,15,27H,9,11H2,(H,25,26)(H,28,29). The number of nitriles is 1. The highest BCUT2D eigenvalue weighted by atomic mass is 16.1. The van der Waals surface area contributed by atoms with Crippen LogP contribution in [0.1, 0.15) is 21.6 Å². The predicted octanol–water partition coefficient (Wildman–Crippen LogP) is 4.34. The summed E-state index contributed by atoms with van der Waals surface area (Å²) in [7, 11) is 0. The van der Waals surface area contributed by atoms with E-state index < -0.39 is 0 Å². The van der Waals surface area contributed by atoms with Crippen LogP contribution in [0.4, 0.5) is 11.4 Å². The van der Waals surface area contributed by atoms with Crippen molar-refractivity contribution in [2.24, 2.45) is 0 Å². The fraction of sp³-hybridized carbons (Fsp3) is 0.0870. The minimum atomic E-state index is -0.354. The Morgan fingerprint density at radius 2 is 1.93 bits per heavy atom. The number of para-hydroxylation sites is 2. The lowest BCUT2D eigenvalue weighted by Crippen LogP contribution is -2.15. The highest BCUT2D eigenvalue weighted by Gasteiger charge is 2.11. The fourth-order valence-electron chi connectivity index (χ4n) is 3.22. The molecule has 0 saturated carbocycles. The number of benzene rings is 2. The normalized spacial score (nSPS) is 10.4. The highest BCUT2D eigenvalue weighted by molar-refractivity contribution is 6.04. The van der Waals surface area contributed by atoms with Crippen LogP contribution in [0.5, 0.6) is 0 Å². The van der Waals surface area contributed by atoms with E-state index in [9.17, 15) is 4.79 Å². The molecule has 0 bridgehead atoms. The zero-order chi connectivity index (χ0) is 20.1. The maximum absolute atomic E-state index is 12.5. The summed E-state index contributed by atoms with van der Waals surface area (Å²) >= 11 is 0. The Balaban J connectivity index is 1.41. The van der Waals surface area contributed by atoms with Crippen LogP contribution in [0.25, 0.3) is 10.9 Å². The highest BCUT2D eigenvalue weighted by Crippen LogP contribution is 2.19. The molecule has 4 aromatic rings. The average molecular weight is 381 g/mol. The van der Waals surface area contributed by atoms with Crippen molar-refractivity contribution < 1.29 is 4.79 Å². The van der Waals surface area contributed by atoms with Gasteiger partial charge in [-0.15, -0.1) is 0 Å². The van der Waals surface area contributed by atoms with Crippen molar-refractivity contribution in [2.45, 2.75) is 6.42 Å². The Morgan fingerprint density at radius 3 is 2.83 bits per heavy atom. The lowest BCUT2D eigenvalue weighted by atomic mass is 10.1. The van der Waals surface area contributed by atoms with Crippen molar-refractivity contribution in [1.29, 1.82) is 5.26 Å². The molecule has 0 unspecified atom stereocenters. The molecule has 4 rings (SSSR count). The zero-order valence-corrected chi connectivity index (χ0v) is 15.6. The van der Waals surface area contributed by atoms with Gasteiger partial charge in [0.25, 0.3) is 5.91 Å². The van der Waals surface area contributed by atoms with Gasteiger partial charge in [0.05, 0.1) is 11.3 Å². The Labute approximate surface area is 168 Å². The van der Waals surface area contributed by atoms with E-state index in [1.807, 2.05) is 24.4 Å². The van der Waals surface area contributed by atoms with Gasteiger partial charge >= 0.3 is 0 Å². The van der Waals surface area contributed by atoms with Gasteiger partial charge in [-0.3, -0.25) is 9.78 Å². The number of fused-ring (bicyclic) bond motifs is 1. The van der Waals surface area contributed by atoms with E-state index in [0.717, 1.165) is 24.2 Å². The molecule has 0 spiro atoms. The van der Waals surface area contributed by atoms with Crippen LogP contribution in [0.3, 0.4) is 0 Å². The van der Waals surface area contributed by atoms with E-state index in [1.165, 1.54) is 10.9 Å². The van der Waals surface area contributed by atoms with E-state index in [2.05, 4.69) is 38.8 Å². The maximum atomic E-state index is 12.5. The molecule has 142 valence electrons. The smallest absolute Gasteiger partial charge is 0.274 e. The first-order chi connectivity index (χ1) is 14.2. The van der Waals surface area contributed by atoms with Crippen molar-refractivity contribution >= 4 is 28.2 Å². The molecular formula is C23H19N5O. The molecule has 6 nitrogen and oxygen atoms in total. The predicted molar refractivity (Wildman–Crippen MR) is 114 cm³/mol. The molecular weight excluding hydrogens is 362 g/mol. The number of pyridine rings is 1. The molecule has 3 N–H and O–H groups in total. The second-order valence-electron chi connectivity index (χ2n) is 6.58. The lowest BCUT2D eigenvalue weighted by Gasteiger charge is -2.09. The number of carbonyl (C=O) groups is 1. The summed E-state index contributed by atoms with van der Waals surface area (Å²) in [5, 5.41) is 16.5. The second kappa shape index (κ2) is 8.28. The van der Waals surface area contributed by atoms with Gasteiger partial charge in [-0.25, -0.2) is 0 Å². The molecule has 0 fully saturated rings. The third kappa shape index (κ3) is 4.09. The molecule has 0 saturated heterocycles. The van der Waals surface area contributed by atoms with E-state index in [0.29, 0.717) is 11.3 Å². The quantitative estimate of drug-likeness (QED) is 0.463. The molecule has 2 aromatic carbocycles. The van der Waals surface area contributed by atoms with Crippen LogP contribution in [-0.2, 0) is 6.42 Å². The van der Waals surface area contributed by atoms with Gasteiger partial charge < -0.3 is 15.6 Å². The minimum absolute atomic E-state index is 0.287. The molecule has 29 heavy (non-hydrogen) atoms. The third-order valence-corrected chi connectivity index (χ3v) is 4.69. The van der Waals surface area contributed by atoms with Crippen LogP contribution in [-0.4, -0.2) is 22.4 Å². The number of aromatic amines is 1. The largest absolute Gasteiger partial charge is 0.385 e. The van der Waals surface area contributed by atoms with Gasteiger partial charge in [0, 0.05) is 35.5 Å². The average Bonchev–Trinajstić information content (AvgIpc) is 3.17. The SMILES string of the molecule is N#Cc1ccccc1NC(=O)c1cc(NCCc2c[nH]c3ccccc23)ccn1. The van der Waals surface area contributed by atoms with Crippen LogP contribution in [0, 0.1) is 11.3 Å². The van der Waals surface area contributed by atoms with Gasteiger partial charge in [-0.2, -0.15) is 5.26 Å². The van der Waals surface area contributed by atoms with Gasteiger partial charge in [-0.05, 0) is 42.3 Å². The lowest BCUT2D eigenvalue weighted by molar-refractivity contribution is 0.102. The molecule has 6 heteroatoms. The summed E-state index contributed by atoms with van der Waals surface area (Å²) in [6.07, 6.45) is 4.48. The van der Waals surface area contributed by atoms with E-state index in [4.69, 9.17) is 5.26 Å². The first-order valence-electron chi connectivity index (χ1n) is 9.30. The fourth-order valence-corrected chi connectivity index (χ4v) is 3.22. The Hall–Kier alpha value is -4.11. The zero-order valence-electron chi connectivity index (χ0n) is 15.6. The summed E-state index contributed by atoms with van der Waals surface area (Å²) in [6, 6.07) is 20.7. The number of carbonyl (C=O) groups excluding carboxylic acids is 1. The Bertz CT molecular complexity index is 1210. The number of rotatable bonds is 6.